The third kappa shape index (κ3) is 4.12. The minimum absolute atomic E-state index is 0.0693. The topological polar surface area (TPSA) is 53.6 Å². The summed E-state index contributed by atoms with van der Waals surface area (Å²) in [6.45, 7) is 4.93. The van der Waals surface area contributed by atoms with Crippen molar-refractivity contribution in [3.05, 3.63) is 0 Å². The van der Waals surface area contributed by atoms with Crippen LogP contribution >= 0.6 is 12.2 Å². The van der Waals surface area contributed by atoms with Crippen LogP contribution in [-0.2, 0) is 9.53 Å². The van der Waals surface area contributed by atoms with Gasteiger partial charge in [-0.05, 0) is 25.1 Å². The molecule has 0 spiro atoms. The Kier molecular flexibility index (Phi) is 6.21. The standard InChI is InChI=1S/C11H21N3O2S/c1-3-9-10(15)12-6-7-14(9)11(17)13-5-4-8-16-2/h9H,3-8H2,1-2H3,(H,12,15)(H,13,17). The van der Waals surface area contributed by atoms with Crippen LogP contribution in [0, 0.1) is 0 Å². The third-order valence-corrected chi connectivity index (χ3v) is 3.16. The van der Waals surface area contributed by atoms with Gasteiger partial charge in [-0.3, -0.25) is 4.79 Å². The Hall–Kier alpha value is -0.880. The van der Waals surface area contributed by atoms with Gasteiger partial charge in [0.25, 0.3) is 0 Å². The number of methoxy groups -OCH3 is 1. The first kappa shape index (κ1) is 14.2. The van der Waals surface area contributed by atoms with Gasteiger partial charge >= 0.3 is 0 Å². The molecule has 0 aromatic carbocycles. The molecule has 1 heterocycles. The molecule has 0 radical (unpaired) electrons. The summed E-state index contributed by atoms with van der Waals surface area (Å²) in [6, 6.07) is -0.133. The molecule has 98 valence electrons. The maximum atomic E-state index is 11.7. The second kappa shape index (κ2) is 7.45. The first-order chi connectivity index (χ1) is 8.20. The van der Waals surface area contributed by atoms with Gasteiger partial charge in [-0.25, -0.2) is 0 Å². The molecule has 1 unspecified atom stereocenters. The number of piperazine rings is 1. The summed E-state index contributed by atoms with van der Waals surface area (Å²) in [6.07, 6.45) is 1.68. The minimum Gasteiger partial charge on any atom is -0.385 e. The molecule has 1 fully saturated rings. The molecule has 17 heavy (non-hydrogen) atoms. The highest BCUT2D eigenvalue weighted by Crippen LogP contribution is 2.08. The van der Waals surface area contributed by atoms with Crippen LogP contribution in [0.2, 0.25) is 0 Å². The Morgan fingerprint density at radius 1 is 1.71 bits per heavy atom. The van der Waals surface area contributed by atoms with Gasteiger partial charge in [0.2, 0.25) is 5.91 Å². The van der Waals surface area contributed by atoms with Crippen molar-refractivity contribution in [1.29, 1.82) is 0 Å². The Morgan fingerprint density at radius 2 is 2.47 bits per heavy atom. The molecule has 0 aromatic heterocycles. The van der Waals surface area contributed by atoms with Crippen LogP contribution in [0.4, 0.5) is 0 Å². The molecular formula is C11H21N3O2S. The Morgan fingerprint density at radius 3 is 3.12 bits per heavy atom. The van der Waals surface area contributed by atoms with E-state index in [1.54, 1.807) is 7.11 Å². The van der Waals surface area contributed by atoms with Crippen molar-refractivity contribution < 1.29 is 9.53 Å². The Labute approximate surface area is 108 Å². The summed E-state index contributed by atoms with van der Waals surface area (Å²) < 4.78 is 4.97. The molecule has 1 atom stereocenters. The van der Waals surface area contributed by atoms with E-state index in [9.17, 15) is 4.79 Å². The lowest BCUT2D eigenvalue weighted by Crippen LogP contribution is -2.59. The summed E-state index contributed by atoms with van der Waals surface area (Å²) in [7, 11) is 1.68. The van der Waals surface area contributed by atoms with Gasteiger partial charge in [-0.15, -0.1) is 0 Å². The zero-order valence-corrected chi connectivity index (χ0v) is 11.3. The molecule has 2 N–H and O–H groups in total. The lowest BCUT2D eigenvalue weighted by Gasteiger charge is -2.36. The zero-order chi connectivity index (χ0) is 12.7. The first-order valence-electron chi connectivity index (χ1n) is 6.01. The van der Waals surface area contributed by atoms with Crippen molar-refractivity contribution in [1.82, 2.24) is 15.5 Å². The van der Waals surface area contributed by atoms with Crippen molar-refractivity contribution in [3.8, 4) is 0 Å². The van der Waals surface area contributed by atoms with Crippen molar-refractivity contribution in [3.63, 3.8) is 0 Å². The number of thiocarbonyl (C=S) groups is 1. The van der Waals surface area contributed by atoms with E-state index in [1.807, 2.05) is 11.8 Å². The maximum absolute atomic E-state index is 11.7. The molecule has 1 rings (SSSR count). The highest BCUT2D eigenvalue weighted by molar-refractivity contribution is 7.80. The van der Waals surface area contributed by atoms with Crippen LogP contribution in [0.25, 0.3) is 0 Å². The number of carbonyl (C=O) groups is 1. The molecule has 0 aliphatic carbocycles. The minimum atomic E-state index is -0.133. The normalized spacial score (nSPS) is 20.0. The fraction of sp³-hybridized carbons (Fsp3) is 0.818. The monoisotopic (exact) mass is 259 g/mol. The zero-order valence-electron chi connectivity index (χ0n) is 10.5. The Balaban J connectivity index is 2.40. The van der Waals surface area contributed by atoms with Gasteiger partial charge in [0.1, 0.15) is 6.04 Å². The van der Waals surface area contributed by atoms with Crippen LogP contribution in [0.15, 0.2) is 0 Å². The van der Waals surface area contributed by atoms with Gasteiger partial charge in [0.15, 0.2) is 5.11 Å². The fourth-order valence-electron chi connectivity index (χ4n) is 1.88. The molecule has 1 aliphatic heterocycles. The second-order valence-electron chi connectivity index (χ2n) is 3.99. The SMILES string of the molecule is CCC1C(=O)NCCN1C(=S)NCCCOC. The summed E-state index contributed by atoms with van der Waals surface area (Å²) >= 11 is 5.31. The predicted octanol–water partition coefficient (Wildman–Crippen LogP) is 0.108. The highest BCUT2D eigenvalue weighted by atomic mass is 32.1. The lowest BCUT2D eigenvalue weighted by molar-refractivity contribution is -0.127. The Bertz CT molecular complexity index is 273. The molecule has 1 amide bonds. The predicted molar refractivity (Wildman–Crippen MR) is 70.9 cm³/mol. The first-order valence-corrected chi connectivity index (χ1v) is 6.42. The van der Waals surface area contributed by atoms with Crippen LogP contribution in [-0.4, -0.2) is 55.3 Å². The van der Waals surface area contributed by atoms with E-state index in [1.165, 1.54) is 0 Å². The fourth-order valence-corrected chi connectivity index (χ4v) is 2.20. The third-order valence-electron chi connectivity index (χ3n) is 2.78. The number of amides is 1. The van der Waals surface area contributed by atoms with E-state index < -0.39 is 0 Å². The van der Waals surface area contributed by atoms with E-state index in [-0.39, 0.29) is 11.9 Å². The van der Waals surface area contributed by atoms with Crippen LogP contribution < -0.4 is 10.6 Å². The number of nitrogens with one attached hydrogen (secondary N) is 2. The van der Waals surface area contributed by atoms with Crippen molar-refractivity contribution in [2.45, 2.75) is 25.8 Å². The summed E-state index contributed by atoms with van der Waals surface area (Å²) in [5.41, 5.74) is 0. The molecule has 0 bridgehead atoms. The molecule has 0 saturated carbocycles. The van der Waals surface area contributed by atoms with Gasteiger partial charge < -0.3 is 20.3 Å². The van der Waals surface area contributed by atoms with E-state index in [0.29, 0.717) is 18.3 Å². The number of nitrogens with zero attached hydrogens (tertiary/aromatic N) is 1. The number of hydrogen-bond acceptors (Lipinski definition) is 3. The number of hydrogen-bond donors (Lipinski definition) is 2. The largest absolute Gasteiger partial charge is 0.385 e. The number of carbonyl (C=O) groups excluding carboxylic acids is 1. The average molecular weight is 259 g/mol. The summed E-state index contributed by atoms with van der Waals surface area (Å²) in [4.78, 5) is 13.6. The average Bonchev–Trinajstić information content (AvgIpc) is 2.34. The van der Waals surface area contributed by atoms with Crippen molar-refractivity contribution in [2.75, 3.05) is 33.4 Å². The second-order valence-corrected chi connectivity index (χ2v) is 4.37. The molecule has 0 aromatic rings. The molecule has 1 saturated heterocycles. The van der Waals surface area contributed by atoms with E-state index >= 15 is 0 Å². The van der Waals surface area contributed by atoms with Gasteiger partial charge in [-0.1, -0.05) is 6.92 Å². The van der Waals surface area contributed by atoms with Crippen LogP contribution in [0.3, 0.4) is 0 Å². The van der Waals surface area contributed by atoms with Crippen LogP contribution in [0.1, 0.15) is 19.8 Å². The van der Waals surface area contributed by atoms with Gasteiger partial charge in [0, 0.05) is 33.4 Å². The van der Waals surface area contributed by atoms with E-state index in [4.69, 9.17) is 17.0 Å². The molecule has 5 nitrogen and oxygen atoms in total. The molecule has 6 heteroatoms. The van der Waals surface area contributed by atoms with Crippen LogP contribution in [0.5, 0.6) is 0 Å². The molecule has 1 aliphatic rings. The van der Waals surface area contributed by atoms with Gasteiger partial charge in [0.05, 0.1) is 0 Å². The van der Waals surface area contributed by atoms with E-state index in [2.05, 4.69) is 10.6 Å². The van der Waals surface area contributed by atoms with Crippen molar-refractivity contribution >= 4 is 23.2 Å². The lowest BCUT2D eigenvalue weighted by atomic mass is 10.1. The highest BCUT2D eigenvalue weighted by Gasteiger charge is 2.29. The quantitative estimate of drug-likeness (QED) is 0.542. The smallest absolute Gasteiger partial charge is 0.242 e. The maximum Gasteiger partial charge on any atom is 0.242 e. The number of ether oxygens (including phenoxy) is 1. The van der Waals surface area contributed by atoms with E-state index in [0.717, 1.165) is 25.9 Å². The van der Waals surface area contributed by atoms with Crippen molar-refractivity contribution in [2.24, 2.45) is 0 Å². The summed E-state index contributed by atoms with van der Waals surface area (Å²) in [5.74, 6) is 0.0693. The molecular weight excluding hydrogens is 238 g/mol. The number of rotatable bonds is 5. The summed E-state index contributed by atoms with van der Waals surface area (Å²) in [5, 5.41) is 6.69. The van der Waals surface area contributed by atoms with Gasteiger partial charge in [-0.2, -0.15) is 0 Å².